The zero-order valence-corrected chi connectivity index (χ0v) is 15.9. The molecule has 3 nitrogen and oxygen atoms in total. The van der Waals surface area contributed by atoms with E-state index in [1.165, 1.54) is 21.9 Å². The van der Waals surface area contributed by atoms with Crippen LogP contribution in [0.1, 0.15) is 55.4 Å². The topological polar surface area (TPSA) is 42.2 Å². The van der Waals surface area contributed by atoms with Crippen molar-refractivity contribution in [1.29, 1.82) is 0 Å². The highest BCUT2D eigenvalue weighted by molar-refractivity contribution is 6.07. The first-order valence-electron chi connectivity index (χ1n) is 9.54. The quantitative estimate of drug-likeness (QED) is 0.622. The minimum atomic E-state index is -0.149. The van der Waals surface area contributed by atoms with E-state index in [2.05, 4.69) is 55.6 Å². The van der Waals surface area contributed by atoms with Crippen LogP contribution in [0.4, 0.5) is 0 Å². The van der Waals surface area contributed by atoms with Crippen molar-refractivity contribution < 1.29 is 9.21 Å². The van der Waals surface area contributed by atoms with Crippen LogP contribution in [0.5, 0.6) is 0 Å². The van der Waals surface area contributed by atoms with Crippen LogP contribution < -0.4 is 5.32 Å². The summed E-state index contributed by atoms with van der Waals surface area (Å²) in [6, 6.07) is 16.6. The van der Waals surface area contributed by atoms with Gasteiger partial charge in [-0.15, -0.1) is 0 Å². The molecular weight excluding hydrogens is 334 g/mol. The smallest absolute Gasteiger partial charge is 0.179 e. The Kier molecular flexibility index (Phi) is 3.39. The molecule has 27 heavy (non-hydrogen) atoms. The summed E-state index contributed by atoms with van der Waals surface area (Å²) in [4.78, 5) is 12.9. The molecule has 136 valence electrons. The minimum Gasteiger partial charge on any atom is -0.464 e. The van der Waals surface area contributed by atoms with Gasteiger partial charge in [0.2, 0.25) is 0 Å². The van der Waals surface area contributed by atoms with E-state index in [1.54, 1.807) is 0 Å². The van der Waals surface area contributed by atoms with Crippen LogP contribution in [0.3, 0.4) is 0 Å². The number of nitrogens with one attached hydrogen (secondary N) is 1. The number of benzene rings is 2. The van der Waals surface area contributed by atoms with Gasteiger partial charge in [-0.05, 0) is 58.4 Å². The summed E-state index contributed by atoms with van der Waals surface area (Å²) in [5, 5.41) is 5.97. The summed E-state index contributed by atoms with van der Waals surface area (Å²) in [7, 11) is 0. The first kappa shape index (κ1) is 16.4. The predicted molar refractivity (Wildman–Crippen MR) is 107 cm³/mol. The van der Waals surface area contributed by atoms with Crippen LogP contribution in [0.2, 0.25) is 0 Å². The van der Waals surface area contributed by atoms with Crippen LogP contribution in [0.25, 0.3) is 16.3 Å². The average Bonchev–Trinajstić information content (AvgIpc) is 3.06. The zero-order chi connectivity index (χ0) is 18.8. The lowest BCUT2D eigenvalue weighted by atomic mass is 9.70. The maximum atomic E-state index is 12.9. The fourth-order valence-electron chi connectivity index (χ4n) is 4.63. The fraction of sp³-hybridized carbons (Fsp3) is 0.292. The fourth-order valence-corrected chi connectivity index (χ4v) is 4.63. The lowest BCUT2D eigenvalue weighted by Gasteiger charge is -2.38. The molecule has 0 bridgehead atoms. The number of allylic oxidation sites excluding steroid dienone is 2. The molecule has 2 aromatic carbocycles. The number of furan rings is 1. The molecule has 1 aromatic heterocycles. The van der Waals surface area contributed by atoms with E-state index in [-0.39, 0.29) is 17.2 Å². The number of fused-ring (bicyclic) bond motifs is 4. The Morgan fingerprint density at radius 2 is 1.85 bits per heavy atom. The van der Waals surface area contributed by atoms with Crippen molar-refractivity contribution in [1.82, 2.24) is 5.32 Å². The molecule has 0 amide bonds. The van der Waals surface area contributed by atoms with Gasteiger partial charge in [-0.1, -0.05) is 50.2 Å². The van der Waals surface area contributed by atoms with Gasteiger partial charge < -0.3 is 9.73 Å². The lowest BCUT2D eigenvalue weighted by molar-refractivity contribution is -0.118. The molecule has 0 saturated heterocycles. The Morgan fingerprint density at radius 3 is 2.63 bits per heavy atom. The van der Waals surface area contributed by atoms with Gasteiger partial charge in [0.25, 0.3) is 0 Å². The highest BCUT2D eigenvalue weighted by Crippen LogP contribution is 2.48. The normalized spacial score (nSPS) is 21.0. The standard InChI is InChI=1S/C24H23NO2/c1-14-8-11-20(27-14)23-21-16-7-5-4-6-15(16)9-10-17(21)18-12-24(2,3)13-19(26)22(18)25-23/h4-11,23,25H,12-13H2,1-3H3. The first-order valence-corrected chi connectivity index (χ1v) is 9.54. The van der Waals surface area contributed by atoms with Gasteiger partial charge in [-0.25, -0.2) is 0 Å². The Hall–Kier alpha value is -2.81. The molecule has 1 aliphatic carbocycles. The monoisotopic (exact) mass is 357 g/mol. The maximum absolute atomic E-state index is 12.9. The van der Waals surface area contributed by atoms with Crippen LogP contribution in [-0.4, -0.2) is 5.78 Å². The molecule has 2 heterocycles. The van der Waals surface area contributed by atoms with Crippen LogP contribution >= 0.6 is 0 Å². The van der Waals surface area contributed by atoms with Gasteiger partial charge in [-0.2, -0.15) is 0 Å². The van der Waals surface area contributed by atoms with E-state index in [4.69, 9.17) is 4.42 Å². The molecule has 0 saturated carbocycles. The summed E-state index contributed by atoms with van der Waals surface area (Å²) in [6.07, 6.45) is 1.47. The van der Waals surface area contributed by atoms with Crippen molar-refractivity contribution in [3.8, 4) is 0 Å². The highest BCUT2D eigenvalue weighted by atomic mass is 16.3. The van der Waals surface area contributed by atoms with Crippen molar-refractivity contribution in [2.45, 2.75) is 39.7 Å². The van der Waals surface area contributed by atoms with Gasteiger partial charge >= 0.3 is 0 Å². The number of carbonyl (C=O) groups is 1. The molecule has 0 radical (unpaired) electrons. The average molecular weight is 357 g/mol. The minimum absolute atomic E-state index is 0.0192. The van der Waals surface area contributed by atoms with Gasteiger partial charge in [-0.3, -0.25) is 4.79 Å². The number of aryl methyl sites for hydroxylation is 1. The van der Waals surface area contributed by atoms with Crippen molar-refractivity contribution in [3.63, 3.8) is 0 Å². The summed E-state index contributed by atoms with van der Waals surface area (Å²) >= 11 is 0. The van der Waals surface area contributed by atoms with E-state index in [0.717, 1.165) is 29.2 Å². The largest absolute Gasteiger partial charge is 0.464 e. The third-order valence-corrected chi connectivity index (χ3v) is 5.79. The van der Waals surface area contributed by atoms with Gasteiger partial charge in [0.15, 0.2) is 5.78 Å². The maximum Gasteiger partial charge on any atom is 0.179 e. The summed E-state index contributed by atoms with van der Waals surface area (Å²) in [5.41, 5.74) is 4.30. The number of Topliss-reactive ketones (excluding diaryl/α,β-unsaturated/α-hetero) is 1. The Morgan fingerprint density at radius 1 is 1.04 bits per heavy atom. The number of ketones is 1. The third kappa shape index (κ3) is 2.53. The van der Waals surface area contributed by atoms with Crippen molar-refractivity contribution in [3.05, 3.63) is 76.9 Å². The van der Waals surface area contributed by atoms with E-state index in [1.807, 2.05) is 19.1 Å². The molecule has 1 N–H and O–H groups in total. The molecular formula is C24H23NO2. The summed E-state index contributed by atoms with van der Waals surface area (Å²) in [6.45, 7) is 6.31. The van der Waals surface area contributed by atoms with Crippen molar-refractivity contribution in [2.75, 3.05) is 0 Å². The predicted octanol–water partition coefficient (Wildman–Crippen LogP) is 5.53. The zero-order valence-electron chi connectivity index (χ0n) is 15.9. The second-order valence-corrected chi connectivity index (χ2v) is 8.57. The third-order valence-electron chi connectivity index (χ3n) is 5.79. The van der Waals surface area contributed by atoms with Crippen LogP contribution in [0, 0.1) is 12.3 Å². The van der Waals surface area contributed by atoms with Gasteiger partial charge in [0, 0.05) is 6.42 Å². The van der Waals surface area contributed by atoms with Crippen LogP contribution in [0.15, 0.2) is 58.6 Å². The second-order valence-electron chi connectivity index (χ2n) is 8.57. The number of rotatable bonds is 1. The SMILES string of the molecule is Cc1ccc(C2NC3=C(CC(C)(C)CC3=O)c3ccc4ccccc4c32)o1. The van der Waals surface area contributed by atoms with Gasteiger partial charge in [0.1, 0.15) is 17.6 Å². The van der Waals surface area contributed by atoms with E-state index >= 15 is 0 Å². The van der Waals surface area contributed by atoms with E-state index in [9.17, 15) is 4.79 Å². The van der Waals surface area contributed by atoms with Crippen molar-refractivity contribution in [2.24, 2.45) is 5.41 Å². The van der Waals surface area contributed by atoms with Gasteiger partial charge in [0.05, 0.1) is 5.70 Å². The molecule has 1 unspecified atom stereocenters. The molecule has 5 rings (SSSR count). The second kappa shape index (κ2) is 5.59. The molecule has 0 fully saturated rings. The van der Waals surface area contributed by atoms with Crippen LogP contribution in [-0.2, 0) is 4.79 Å². The van der Waals surface area contributed by atoms with E-state index in [0.29, 0.717) is 6.42 Å². The number of carbonyl (C=O) groups excluding carboxylic acids is 1. The number of hydrogen-bond donors (Lipinski definition) is 1. The first-order chi connectivity index (χ1) is 12.9. The highest BCUT2D eigenvalue weighted by Gasteiger charge is 2.39. The molecule has 1 aliphatic heterocycles. The lowest BCUT2D eigenvalue weighted by Crippen LogP contribution is -2.37. The Labute approximate surface area is 159 Å². The molecule has 3 heteroatoms. The Bertz CT molecular complexity index is 1120. The molecule has 2 aliphatic rings. The summed E-state index contributed by atoms with van der Waals surface area (Å²) in [5.74, 6) is 1.94. The molecule has 3 aromatic rings. The van der Waals surface area contributed by atoms with E-state index < -0.39 is 0 Å². The summed E-state index contributed by atoms with van der Waals surface area (Å²) < 4.78 is 5.99. The molecule has 0 spiro atoms. The van der Waals surface area contributed by atoms with Crippen molar-refractivity contribution >= 4 is 22.1 Å². The Balaban J connectivity index is 1.81. The molecule has 1 atom stereocenters. The number of hydrogen-bond acceptors (Lipinski definition) is 3.